The third-order valence-corrected chi connectivity index (χ3v) is 2.15. The summed E-state index contributed by atoms with van der Waals surface area (Å²) in [6.45, 7) is 0.554. The summed E-state index contributed by atoms with van der Waals surface area (Å²) in [7, 11) is 3.52. The Labute approximate surface area is 94.8 Å². The number of nitrogens with zero attached hydrogens (tertiary/aromatic N) is 1. The van der Waals surface area contributed by atoms with E-state index in [1.54, 1.807) is 13.2 Å². The van der Waals surface area contributed by atoms with Gasteiger partial charge in [-0.1, -0.05) is 6.08 Å². The van der Waals surface area contributed by atoms with Crippen molar-refractivity contribution < 1.29 is 14.6 Å². The summed E-state index contributed by atoms with van der Waals surface area (Å²) in [6, 6.07) is 7.58. The highest BCUT2D eigenvalue weighted by Gasteiger charge is 1.98. The highest BCUT2D eigenvalue weighted by Crippen LogP contribution is 2.17. The lowest BCUT2D eigenvalue weighted by atomic mass is 10.3. The minimum absolute atomic E-state index is 0.554. The topological polar surface area (TPSA) is 49.8 Å². The predicted octanol–water partition coefficient (Wildman–Crippen LogP) is 1.77. The Morgan fingerprint density at radius 1 is 1.44 bits per heavy atom. The lowest BCUT2D eigenvalue weighted by molar-refractivity contribution is -0.131. The van der Waals surface area contributed by atoms with Crippen molar-refractivity contribution in [1.29, 1.82) is 0 Å². The quantitative estimate of drug-likeness (QED) is 0.770. The molecule has 0 spiro atoms. The molecule has 0 radical (unpaired) electrons. The van der Waals surface area contributed by atoms with Crippen LogP contribution in [0, 0.1) is 0 Å². The number of carboxylic acids is 1. The summed E-state index contributed by atoms with van der Waals surface area (Å²) in [4.78, 5) is 12.2. The number of methoxy groups -OCH3 is 1. The van der Waals surface area contributed by atoms with Gasteiger partial charge in [-0.3, -0.25) is 0 Å². The van der Waals surface area contributed by atoms with Gasteiger partial charge in [0.2, 0.25) is 0 Å². The zero-order valence-electron chi connectivity index (χ0n) is 9.38. The van der Waals surface area contributed by atoms with Crippen molar-refractivity contribution in [3.8, 4) is 5.75 Å². The number of carbonyl (C=O) groups is 1. The fourth-order valence-electron chi connectivity index (χ4n) is 1.25. The number of anilines is 1. The Balaban J connectivity index is 2.58. The van der Waals surface area contributed by atoms with E-state index < -0.39 is 5.97 Å². The molecule has 0 bridgehead atoms. The first-order valence-corrected chi connectivity index (χ1v) is 4.88. The monoisotopic (exact) mass is 221 g/mol. The standard InChI is InChI=1S/C12H15NO3/c1-13(9-3-4-12(14)15)10-5-7-11(16-2)8-6-10/h3-8H,9H2,1-2H3,(H,14,15)/b4-3+. The summed E-state index contributed by atoms with van der Waals surface area (Å²) in [5, 5.41) is 8.44. The average molecular weight is 221 g/mol. The molecule has 0 aliphatic carbocycles. The van der Waals surface area contributed by atoms with E-state index in [0.29, 0.717) is 6.54 Å². The molecule has 86 valence electrons. The third kappa shape index (κ3) is 3.65. The smallest absolute Gasteiger partial charge is 0.328 e. The first kappa shape index (κ1) is 12.1. The van der Waals surface area contributed by atoms with Gasteiger partial charge in [-0.25, -0.2) is 4.79 Å². The lowest BCUT2D eigenvalue weighted by Crippen LogP contribution is -2.16. The molecule has 0 aliphatic rings. The summed E-state index contributed by atoms with van der Waals surface area (Å²) >= 11 is 0. The highest BCUT2D eigenvalue weighted by atomic mass is 16.5. The summed E-state index contributed by atoms with van der Waals surface area (Å²) in [5.74, 6) is -0.124. The molecule has 16 heavy (non-hydrogen) atoms. The maximum Gasteiger partial charge on any atom is 0.328 e. The normalized spacial score (nSPS) is 10.4. The van der Waals surface area contributed by atoms with Crippen LogP contribution in [-0.2, 0) is 4.79 Å². The van der Waals surface area contributed by atoms with Crippen LogP contribution in [0.4, 0.5) is 5.69 Å². The number of likely N-dealkylation sites (N-methyl/N-ethyl adjacent to an activating group) is 1. The third-order valence-electron chi connectivity index (χ3n) is 2.15. The highest BCUT2D eigenvalue weighted by molar-refractivity contribution is 5.79. The van der Waals surface area contributed by atoms with Crippen molar-refractivity contribution >= 4 is 11.7 Å². The summed E-state index contributed by atoms with van der Waals surface area (Å²) in [6.07, 6.45) is 2.74. The number of aliphatic carboxylic acids is 1. The van der Waals surface area contributed by atoms with Crippen molar-refractivity contribution in [2.24, 2.45) is 0 Å². The molecule has 1 rings (SSSR count). The van der Waals surface area contributed by atoms with Gasteiger partial charge >= 0.3 is 5.97 Å². The van der Waals surface area contributed by atoms with E-state index in [2.05, 4.69) is 0 Å². The largest absolute Gasteiger partial charge is 0.497 e. The van der Waals surface area contributed by atoms with Gasteiger partial charge < -0.3 is 14.7 Å². The van der Waals surface area contributed by atoms with Crippen LogP contribution in [0.2, 0.25) is 0 Å². The molecule has 0 aromatic heterocycles. The van der Waals surface area contributed by atoms with Crippen LogP contribution >= 0.6 is 0 Å². The number of carboxylic acid groups (broad SMARTS) is 1. The molecule has 0 amide bonds. The second kappa shape index (κ2) is 5.80. The Morgan fingerprint density at radius 2 is 2.06 bits per heavy atom. The van der Waals surface area contributed by atoms with Crippen molar-refractivity contribution in [3.63, 3.8) is 0 Å². The van der Waals surface area contributed by atoms with E-state index >= 15 is 0 Å². The molecule has 1 aromatic rings. The molecule has 1 N–H and O–H groups in total. The fraction of sp³-hybridized carbons (Fsp3) is 0.250. The number of ether oxygens (including phenoxy) is 1. The Kier molecular flexibility index (Phi) is 4.39. The summed E-state index contributed by atoms with van der Waals surface area (Å²) < 4.78 is 5.05. The van der Waals surface area contributed by atoms with Crippen molar-refractivity contribution in [2.45, 2.75) is 0 Å². The van der Waals surface area contributed by atoms with E-state index in [1.807, 2.05) is 36.2 Å². The zero-order chi connectivity index (χ0) is 12.0. The van der Waals surface area contributed by atoms with Crippen LogP contribution in [0.15, 0.2) is 36.4 Å². The lowest BCUT2D eigenvalue weighted by Gasteiger charge is -2.17. The Hall–Kier alpha value is -1.97. The van der Waals surface area contributed by atoms with Crippen molar-refractivity contribution in [3.05, 3.63) is 36.4 Å². The van der Waals surface area contributed by atoms with Gasteiger partial charge in [-0.15, -0.1) is 0 Å². The predicted molar refractivity (Wildman–Crippen MR) is 63.0 cm³/mol. The Morgan fingerprint density at radius 3 is 2.56 bits per heavy atom. The van der Waals surface area contributed by atoms with E-state index in [-0.39, 0.29) is 0 Å². The molecular weight excluding hydrogens is 206 g/mol. The maximum absolute atomic E-state index is 10.3. The van der Waals surface area contributed by atoms with E-state index in [0.717, 1.165) is 17.5 Å². The molecular formula is C12H15NO3. The van der Waals surface area contributed by atoms with Crippen LogP contribution in [0.5, 0.6) is 5.75 Å². The molecule has 0 atom stereocenters. The molecule has 0 aliphatic heterocycles. The van der Waals surface area contributed by atoms with Crippen LogP contribution in [0.1, 0.15) is 0 Å². The zero-order valence-corrected chi connectivity index (χ0v) is 9.38. The van der Waals surface area contributed by atoms with Crippen LogP contribution < -0.4 is 9.64 Å². The first-order chi connectivity index (χ1) is 7.63. The second-order valence-corrected chi connectivity index (χ2v) is 3.32. The van der Waals surface area contributed by atoms with E-state index in [4.69, 9.17) is 9.84 Å². The van der Waals surface area contributed by atoms with Crippen LogP contribution in [0.25, 0.3) is 0 Å². The van der Waals surface area contributed by atoms with Crippen molar-refractivity contribution in [1.82, 2.24) is 0 Å². The molecule has 0 fully saturated rings. The van der Waals surface area contributed by atoms with Gasteiger partial charge in [0.1, 0.15) is 5.75 Å². The second-order valence-electron chi connectivity index (χ2n) is 3.32. The maximum atomic E-state index is 10.3. The minimum Gasteiger partial charge on any atom is -0.497 e. The van der Waals surface area contributed by atoms with E-state index in [9.17, 15) is 4.79 Å². The number of hydrogen-bond acceptors (Lipinski definition) is 3. The average Bonchev–Trinajstić information content (AvgIpc) is 2.28. The van der Waals surface area contributed by atoms with E-state index in [1.165, 1.54) is 0 Å². The number of hydrogen-bond donors (Lipinski definition) is 1. The van der Waals surface area contributed by atoms with Gasteiger partial charge in [0, 0.05) is 25.4 Å². The first-order valence-electron chi connectivity index (χ1n) is 4.88. The summed E-state index contributed by atoms with van der Waals surface area (Å²) in [5.41, 5.74) is 1.01. The molecule has 0 saturated heterocycles. The molecule has 4 nitrogen and oxygen atoms in total. The number of benzene rings is 1. The van der Waals surface area contributed by atoms with Crippen LogP contribution in [-0.4, -0.2) is 31.8 Å². The molecule has 1 aromatic carbocycles. The van der Waals surface area contributed by atoms with Gasteiger partial charge in [0.25, 0.3) is 0 Å². The van der Waals surface area contributed by atoms with Gasteiger partial charge in [0.15, 0.2) is 0 Å². The Bertz CT molecular complexity index is 370. The SMILES string of the molecule is COc1ccc(N(C)C/C=C/C(=O)O)cc1. The van der Waals surface area contributed by atoms with Gasteiger partial charge in [-0.05, 0) is 24.3 Å². The molecule has 4 heteroatoms. The van der Waals surface area contributed by atoms with Crippen molar-refractivity contribution in [2.75, 3.05) is 25.6 Å². The van der Waals surface area contributed by atoms with Crippen LogP contribution in [0.3, 0.4) is 0 Å². The van der Waals surface area contributed by atoms with Gasteiger partial charge in [0.05, 0.1) is 7.11 Å². The minimum atomic E-state index is -0.928. The van der Waals surface area contributed by atoms with Gasteiger partial charge in [-0.2, -0.15) is 0 Å². The number of rotatable bonds is 5. The molecule has 0 heterocycles. The molecule has 0 unspecified atom stereocenters. The molecule has 0 saturated carbocycles. The fourth-order valence-corrected chi connectivity index (χ4v) is 1.25.